The fraction of sp³-hybridized carbons (Fsp3) is 0.522. The van der Waals surface area contributed by atoms with Gasteiger partial charge in [-0.05, 0) is 0 Å². The first-order valence-corrected chi connectivity index (χ1v) is 13.2. The molecule has 0 radical (unpaired) electrons. The molecule has 0 saturated carbocycles. The minimum absolute atomic E-state index is 0. The first-order valence-electron chi connectivity index (χ1n) is 9.67. The Bertz CT molecular complexity index is 861. The van der Waals surface area contributed by atoms with Crippen LogP contribution in [0.1, 0.15) is 70.7 Å². The van der Waals surface area contributed by atoms with Gasteiger partial charge in [0.25, 0.3) is 0 Å². The summed E-state index contributed by atoms with van der Waals surface area (Å²) in [5, 5.41) is 1.44. The topological polar surface area (TPSA) is 9.23 Å². The molecule has 158 valence electrons. The van der Waals surface area contributed by atoms with E-state index in [0.29, 0.717) is 5.92 Å². The molecule has 5 heteroatoms. The second-order valence-electron chi connectivity index (χ2n) is 9.05. The predicted octanol–water partition coefficient (Wildman–Crippen LogP) is 5.35. The van der Waals surface area contributed by atoms with Crippen LogP contribution in [0, 0.1) is 26.7 Å². The van der Waals surface area contributed by atoms with Crippen LogP contribution in [0.5, 0.6) is 5.75 Å². The van der Waals surface area contributed by atoms with Crippen LogP contribution in [0.4, 0.5) is 0 Å². The van der Waals surface area contributed by atoms with E-state index in [1.165, 1.54) is 48.0 Å². The van der Waals surface area contributed by atoms with Crippen molar-refractivity contribution in [1.29, 1.82) is 0 Å². The van der Waals surface area contributed by atoms with Gasteiger partial charge in [0, 0.05) is 0 Å². The Morgan fingerprint density at radius 1 is 0.893 bits per heavy atom. The second-order valence-corrected chi connectivity index (χ2v) is 12.5. The molecule has 0 saturated heterocycles. The zero-order valence-electron chi connectivity index (χ0n) is 19.5. The Kier molecular flexibility index (Phi) is 9.75. The molecular formula is C23H38Cl2OSiTi. The first-order chi connectivity index (χ1) is 11.8. The van der Waals surface area contributed by atoms with Crippen LogP contribution in [-0.4, -0.2) is 15.1 Å². The molecule has 0 fully saturated rings. The van der Waals surface area contributed by atoms with Crippen molar-refractivity contribution in [2.75, 3.05) is 0 Å². The van der Waals surface area contributed by atoms with E-state index in [1.807, 2.05) is 0 Å². The van der Waals surface area contributed by atoms with Gasteiger partial charge in [-0.25, -0.2) is 0 Å². The quantitative estimate of drug-likeness (QED) is 0.534. The molecule has 0 aromatic heterocycles. The van der Waals surface area contributed by atoms with Crippen molar-refractivity contribution < 1.29 is 21.1 Å². The predicted molar refractivity (Wildman–Crippen MR) is 131 cm³/mol. The van der Waals surface area contributed by atoms with Gasteiger partial charge in [0.05, 0.1) is 0 Å². The van der Waals surface area contributed by atoms with E-state index in [1.54, 1.807) is 0 Å². The average molecular weight is 477 g/mol. The van der Waals surface area contributed by atoms with Gasteiger partial charge in [0.1, 0.15) is 0 Å². The molecule has 1 aromatic carbocycles. The molecule has 28 heavy (non-hydrogen) atoms. The van der Waals surface area contributed by atoms with Gasteiger partial charge < -0.3 is 0 Å². The van der Waals surface area contributed by atoms with E-state index < -0.39 is 17.8 Å². The number of hydrogen-bond donors (Lipinski definition) is 0. The molecule has 1 nitrogen and oxygen atoms in total. The summed E-state index contributed by atoms with van der Waals surface area (Å²) in [5.74, 6) is 1.65. The van der Waals surface area contributed by atoms with Crippen molar-refractivity contribution in [2.45, 2.75) is 74.7 Å². The van der Waals surface area contributed by atoms with E-state index in [2.05, 4.69) is 74.1 Å². The van der Waals surface area contributed by atoms with Gasteiger partial charge in [-0.3, -0.25) is 0 Å². The fourth-order valence-electron chi connectivity index (χ4n) is 4.59. The van der Waals surface area contributed by atoms with Crippen LogP contribution in [0.2, 0.25) is 0 Å². The summed E-state index contributed by atoms with van der Waals surface area (Å²) in [7, 11) is 1.00. The summed E-state index contributed by atoms with van der Waals surface area (Å²) in [6.07, 6.45) is 0. The Labute approximate surface area is 194 Å². The van der Waals surface area contributed by atoms with Crippen molar-refractivity contribution in [3.05, 3.63) is 42.9 Å². The molecule has 1 aromatic rings. The molecule has 2 rings (SSSR count). The number of rotatable bonds is 3. The van der Waals surface area contributed by atoms with E-state index in [-0.39, 0.29) is 30.2 Å². The zero-order valence-corrected chi connectivity index (χ0v) is 24.7. The molecule has 1 aliphatic rings. The molecular weight excluding hydrogens is 439 g/mol. The Balaban J connectivity index is 0.00000364. The third kappa shape index (κ3) is 4.78. The molecule has 0 amide bonds. The molecule has 0 spiro atoms. The maximum absolute atomic E-state index is 6.77. The van der Waals surface area contributed by atoms with Gasteiger partial charge in [0.2, 0.25) is 0 Å². The van der Waals surface area contributed by atoms with E-state index in [0.717, 1.165) is 16.0 Å². The summed E-state index contributed by atoms with van der Waals surface area (Å²) in [6.45, 7) is 22.8. The summed E-state index contributed by atoms with van der Waals surface area (Å²) >= 11 is -2.05. The summed E-state index contributed by atoms with van der Waals surface area (Å²) < 4.78 is 8.28. The maximum atomic E-state index is 6.77. The van der Waals surface area contributed by atoms with Crippen molar-refractivity contribution in [1.82, 2.24) is 0 Å². The van der Waals surface area contributed by atoms with Crippen LogP contribution in [-0.2, 0) is 23.2 Å². The average Bonchev–Trinajstić information content (AvgIpc) is 2.72. The fourth-order valence-corrected chi connectivity index (χ4v) is 9.58. The van der Waals surface area contributed by atoms with Crippen molar-refractivity contribution in [3.8, 4) is 5.75 Å². The number of hydrogen-bond acceptors (Lipinski definition) is 1. The van der Waals surface area contributed by atoms with Gasteiger partial charge in [-0.1, -0.05) is 0 Å². The SMILES string of the molecule is Cl.Cl.[CH2]=[Ti]([O]c1c(C)c(C)c(C)c(C(C)(C)C)c1[SiH3])[C]1=C(C)C(C)=C(C)C1C. The summed E-state index contributed by atoms with van der Waals surface area (Å²) in [4.78, 5) is 4.59. The molecule has 0 N–H and O–H groups in total. The molecule has 1 atom stereocenters. The van der Waals surface area contributed by atoms with Gasteiger partial charge >= 0.3 is 171 Å². The molecule has 1 aliphatic carbocycles. The van der Waals surface area contributed by atoms with Crippen LogP contribution >= 0.6 is 24.8 Å². The molecule has 0 bridgehead atoms. The van der Waals surface area contributed by atoms with Crippen molar-refractivity contribution in [2.24, 2.45) is 5.92 Å². The van der Waals surface area contributed by atoms with Crippen molar-refractivity contribution in [3.63, 3.8) is 0 Å². The third-order valence-corrected chi connectivity index (χ3v) is 10.3. The third-order valence-electron chi connectivity index (χ3n) is 6.47. The first kappa shape index (κ1) is 27.9. The second kappa shape index (κ2) is 9.79. The van der Waals surface area contributed by atoms with Crippen molar-refractivity contribution >= 4 is 45.1 Å². The Morgan fingerprint density at radius 2 is 1.39 bits per heavy atom. The number of allylic oxidation sites excluding steroid dienone is 4. The normalized spacial score (nSPS) is 16.9. The standard InChI is InChI=1S/C13H22OSi.C9H13.CH2.2ClH.Ti/c1-7-8(2)10(13(4,5)6)12(15)11(14)9(7)3;1-6-5-7(2)9(4)8(6)3;;;;/h14H,1-6,15H3;6H,1-4H3;1H2;2*1H;/q;;;;;+1/p-1. The number of benzene rings is 1. The van der Waals surface area contributed by atoms with Crippen LogP contribution in [0.15, 0.2) is 20.6 Å². The van der Waals surface area contributed by atoms with E-state index in [9.17, 15) is 0 Å². The van der Waals surface area contributed by atoms with Gasteiger partial charge in [0.15, 0.2) is 0 Å². The van der Waals surface area contributed by atoms with Crippen LogP contribution in [0.3, 0.4) is 0 Å². The van der Waals surface area contributed by atoms with E-state index >= 15 is 0 Å². The zero-order chi connectivity index (χ0) is 20.1. The Hall–Kier alpha value is -0.119. The summed E-state index contributed by atoms with van der Waals surface area (Å²) in [6, 6.07) is 0. The summed E-state index contributed by atoms with van der Waals surface area (Å²) in [5.41, 5.74) is 10.2. The monoisotopic (exact) mass is 476 g/mol. The Morgan fingerprint density at radius 3 is 1.79 bits per heavy atom. The van der Waals surface area contributed by atoms with Gasteiger partial charge in [-0.2, -0.15) is 0 Å². The van der Waals surface area contributed by atoms with Gasteiger partial charge in [-0.15, -0.1) is 24.8 Å². The molecule has 0 aliphatic heterocycles. The van der Waals surface area contributed by atoms with E-state index in [4.69, 9.17) is 3.32 Å². The van der Waals surface area contributed by atoms with Crippen LogP contribution < -0.4 is 8.51 Å². The molecule has 1 unspecified atom stereocenters. The number of halogens is 2. The van der Waals surface area contributed by atoms with Crippen LogP contribution in [0.25, 0.3) is 0 Å². The molecule has 0 heterocycles. The minimum atomic E-state index is -2.05.